The van der Waals surface area contributed by atoms with Crippen molar-refractivity contribution in [3.05, 3.63) is 82.9 Å². The smallest absolute Gasteiger partial charge is 0.258 e. The summed E-state index contributed by atoms with van der Waals surface area (Å²) in [6.45, 7) is 0.352. The van der Waals surface area contributed by atoms with E-state index in [2.05, 4.69) is 10.0 Å². The van der Waals surface area contributed by atoms with Crippen molar-refractivity contribution in [1.29, 1.82) is 0 Å². The molecule has 0 aliphatic carbocycles. The molecule has 3 aromatic rings. The molecule has 0 spiro atoms. The number of carbonyl (C=O) groups excluding carboxylic acids is 1. The highest BCUT2D eigenvalue weighted by atomic mass is 35.5. The van der Waals surface area contributed by atoms with Crippen LogP contribution in [0, 0.1) is 0 Å². The summed E-state index contributed by atoms with van der Waals surface area (Å²) in [6, 6.07) is 18.7. The van der Waals surface area contributed by atoms with Gasteiger partial charge in [0.1, 0.15) is 5.75 Å². The number of halogens is 1. The Morgan fingerprint density at radius 3 is 2.52 bits per heavy atom. The van der Waals surface area contributed by atoms with Crippen molar-refractivity contribution in [1.82, 2.24) is 10.0 Å². The minimum atomic E-state index is -3.76. The Balaban J connectivity index is 1.29. The van der Waals surface area contributed by atoms with Crippen LogP contribution in [0.5, 0.6) is 17.2 Å². The standard InChI is InChI=1S/C23H21ClN2O6S/c24-19-11-18(33(28,29)26-13-16-4-2-1-3-5-16)7-9-20(19)30-14-23(27)25-12-17-6-8-21-22(10-17)32-15-31-21/h1-11,26H,12-15H2,(H,25,27). The molecule has 0 atom stereocenters. The summed E-state index contributed by atoms with van der Waals surface area (Å²) in [7, 11) is -3.76. The summed E-state index contributed by atoms with van der Waals surface area (Å²) >= 11 is 6.19. The molecule has 3 aromatic carbocycles. The van der Waals surface area contributed by atoms with Crippen molar-refractivity contribution >= 4 is 27.5 Å². The van der Waals surface area contributed by atoms with E-state index in [1.165, 1.54) is 18.2 Å². The van der Waals surface area contributed by atoms with Crippen LogP contribution in [0.1, 0.15) is 11.1 Å². The number of rotatable bonds is 9. The minimum Gasteiger partial charge on any atom is -0.482 e. The van der Waals surface area contributed by atoms with Gasteiger partial charge < -0.3 is 19.5 Å². The van der Waals surface area contributed by atoms with Crippen molar-refractivity contribution in [2.45, 2.75) is 18.0 Å². The molecule has 0 saturated carbocycles. The molecule has 2 N–H and O–H groups in total. The van der Waals surface area contributed by atoms with E-state index in [4.69, 9.17) is 25.8 Å². The highest BCUT2D eigenvalue weighted by Crippen LogP contribution is 2.32. The molecule has 0 unspecified atom stereocenters. The normalized spacial score (nSPS) is 12.4. The molecular formula is C23H21ClN2O6S. The molecule has 4 rings (SSSR count). The van der Waals surface area contributed by atoms with E-state index in [1.54, 1.807) is 12.1 Å². The third-order valence-electron chi connectivity index (χ3n) is 4.81. The number of hydrogen-bond acceptors (Lipinski definition) is 6. The highest BCUT2D eigenvalue weighted by molar-refractivity contribution is 7.89. The van der Waals surface area contributed by atoms with Gasteiger partial charge >= 0.3 is 0 Å². The van der Waals surface area contributed by atoms with Crippen LogP contribution in [0.25, 0.3) is 0 Å². The van der Waals surface area contributed by atoms with E-state index >= 15 is 0 Å². The Kier molecular flexibility index (Phi) is 7.02. The van der Waals surface area contributed by atoms with Gasteiger partial charge in [-0.15, -0.1) is 0 Å². The average Bonchev–Trinajstić information content (AvgIpc) is 3.29. The summed E-state index contributed by atoms with van der Waals surface area (Å²) in [5.41, 5.74) is 1.68. The van der Waals surface area contributed by atoms with Crippen LogP contribution < -0.4 is 24.2 Å². The molecule has 1 aliphatic heterocycles. The zero-order valence-corrected chi connectivity index (χ0v) is 19.0. The van der Waals surface area contributed by atoms with Gasteiger partial charge in [0.2, 0.25) is 16.8 Å². The van der Waals surface area contributed by atoms with Crippen LogP contribution in [-0.2, 0) is 27.9 Å². The molecule has 0 saturated heterocycles. The number of sulfonamides is 1. The molecule has 1 aliphatic rings. The fraction of sp³-hybridized carbons (Fsp3) is 0.174. The van der Waals surface area contributed by atoms with Crippen LogP contribution in [-0.4, -0.2) is 27.7 Å². The second-order valence-corrected chi connectivity index (χ2v) is 9.33. The van der Waals surface area contributed by atoms with E-state index < -0.39 is 10.0 Å². The molecular weight excluding hydrogens is 468 g/mol. The number of amides is 1. The molecule has 0 fully saturated rings. The minimum absolute atomic E-state index is 0.00282. The van der Waals surface area contributed by atoms with Crippen molar-refractivity contribution < 1.29 is 27.4 Å². The number of carbonyl (C=O) groups is 1. The Hall–Kier alpha value is -3.27. The molecule has 172 valence electrons. The van der Waals surface area contributed by atoms with Gasteiger partial charge in [0, 0.05) is 13.1 Å². The maximum Gasteiger partial charge on any atom is 0.258 e. The lowest BCUT2D eigenvalue weighted by atomic mass is 10.2. The first-order valence-electron chi connectivity index (χ1n) is 10.0. The highest BCUT2D eigenvalue weighted by Gasteiger charge is 2.17. The second-order valence-electron chi connectivity index (χ2n) is 7.16. The lowest BCUT2D eigenvalue weighted by Crippen LogP contribution is -2.28. The Bertz CT molecular complexity index is 1250. The van der Waals surface area contributed by atoms with Crippen molar-refractivity contribution in [2.75, 3.05) is 13.4 Å². The predicted molar refractivity (Wildman–Crippen MR) is 122 cm³/mol. The van der Waals surface area contributed by atoms with Crippen molar-refractivity contribution in [2.24, 2.45) is 0 Å². The van der Waals surface area contributed by atoms with Crippen molar-refractivity contribution in [3.63, 3.8) is 0 Å². The Morgan fingerprint density at radius 1 is 0.939 bits per heavy atom. The van der Waals surface area contributed by atoms with Gasteiger partial charge in [-0.3, -0.25) is 4.79 Å². The van der Waals surface area contributed by atoms with Crippen LogP contribution in [0.4, 0.5) is 0 Å². The van der Waals surface area contributed by atoms with E-state index in [0.717, 1.165) is 11.1 Å². The zero-order chi connectivity index (χ0) is 23.3. The number of nitrogens with one attached hydrogen (secondary N) is 2. The number of hydrogen-bond donors (Lipinski definition) is 2. The SMILES string of the molecule is O=C(COc1ccc(S(=O)(=O)NCc2ccccc2)cc1Cl)NCc1ccc2c(c1)OCO2. The topological polar surface area (TPSA) is 103 Å². The molecule has 0 radical (unpaired) electrons. The van der Waals surface area contributed by atoms with Gasteiger partial charge in [-0.2, -0.15) is 0 Å². The maximum absolute atomic E-state index is 12.5. The quantitative estimate of drug-likeness (QED) is 0.479. The van der Waals surface area contributed by atoms with Crippen LogP contribution in [0.3, 0.4) is 0 Å². The Labute approximate surface area is 196 Å². The fourth-order valence-corrected chi connectivity index (χ4v) is 4.41. The lowest BCUT2D eigenvalue weighted by molar-refractivity contribution is -0.123. The van der Waals surface area contributed by atoms with E-state index in [-0.39, 0.29) is 48.1 Å². The van der Waals surface area contributed by atoms with Gasteiger partial charge in [-0.25, -0.2) is 13.1 Å². The van der Waals surface area contributed by atoms with E-state index in [9.17, 15) is 13.2 Å². The first kappa shape index (κ1) is 22.9. The molecule has 1 heterocycles. The van der Waals surface area contributed by atoms with E-state index in [0.29, 0.717) is 11.5 Å². The average molecular weight is 489 g/mol. The van der Waals surface area contributed by atoms with Gasteiger partial charge in [0.05, 0.1) is 9.92 Å². The lowest BCUT2D eigenvalue weighted by Gasteiger charge is -2.11. The zero-order valence-electron chi connectivity index (χ0n) is 17.4. The largest absolute Gasteiger partial charge is 0.482 e. The third-order valence-corrected chi connectivity index (χ3v) is 6.50. The maximum atomic E-state index is 12.5. The summed E-state index contributed by atoms with van der Waals surface area (Å²) in [5.74, 6) is 1.16. The molecule has 33 heavy (non-hydrogen) atoms. The molecule has 1 amide bonds. The third kappa shape index (κ3) is 5.95. The summed E-state index contributed by atoms with van der Waals surface area (Å²) in [6.07, 6.45) is 0. The molecule has 0 aromatic heterocycles. The molecule has 10 heteroatoms. The summed E-state index contributed by atoms with van der Waals surface area (Å²) < 4.78 is 43.6. The van der Waals surface area contributed by atoms with E-state index in [1.807, 2.05) is 36.4 Å². The first-order chi connectivity index (χ1) is 15.9. The number of fused-ring (bicyclic) bond motifs is 1. The fourth-order valence-electron chi connectivity index (χ4n) is 3.07. The van der Waals surface area contributed by atoms with Gasteiger partial charge in [0.25, 0.3) is 5.91 Å². The second kappa shape index (κ2) is 10.1. The molecule has 0 bridgehead atoms. The van der Waals surface area contributed by atoms with Crippen LogP contribution >= 0.6 is 11.6 Å². The van der Waals surface area contributed by atoms with Crippen LogP contribution in [0.2, 0.25) is 5.02 Å². The first-order valence-corrected chi connectivity index (χ1v) is 11.9. The van der Waals surface area contributed by atoms with Gasteiger partial charge in [-0.1, -0.05) is 48.0 Å². The van der Waals surface area contributed by atoms with Crippen LogP contribution in [0.15, 0.2) is 71.6 Å². The van der Waals surface area contributed by atoms with Crippen molar-refractivity contribution in [3.8, 4) is 17.2 Å². The summed E-state index contributed by atoms with van der Waals surface area (Å²) in [5, 5.41) is 2.82. The van der Waals surface area contributed by atoms with Gasteiger partial charge in [0.15, 0.2) is 18.1 Å². The molecule has 8 nitrogen and oxygen atoms in total. The predicted octanol–water partition coefficient (Wildman–Crippen LogP) is 3.24. The monoisotopic (exact) mass is 488 g/mol. The summed E-state index contributed by atoms with van der Waals surface area (Å²) in [4.78, 5) is 12.1. The number of ether oxygens (including phenoxy) is 3. The Morgan fingerprint density at radius 2 is 1.73 bits per heavy atom. The van der Waals surface area contributed by atoms with Gasteiger partial charge in [-0.05, 0) is 41.5 Å². The number of benzene rings is 3.